The summed E-state index contributed by atoms with van der Waals surface area (Å²) in [5, 5.41) is 11.6. The Morgan fingerprint density at radius 3 is 2.54 bits per heavy atom. The highest BCUT2D eigenvalue weighted by molar-refractivity contribution is 9.10. The Balaban J connectivity index is 2.13. The minimum absolute atomic E-state index is 0.168. The predicted molar refractivity (Wildman–Crippen MR) is 98.7 cm³/mol. The molecule has 2 rings (SSSR count). The first-order chi connectivity index (χ1) is 11.6. The summed E-state index contributed by atoms with van der Waals surface area (Å²) < 4.78 is 12.6. The molecule has 0 spiro atoms. The number of nitrogens with two attached hydrogens (primary N) is 1. The summed E-state index contributed by atoms with van der Waals surface area (Å²) in [4.78, 5) is 0. The van der Waals surface area contributed by atoms with Crippen molar-refractivity contribution in [2.45, 2.75) is 20.1 Å². The molecule has 0 aromatic heterocycles. The van der Waals surface area contributed by atoms with Gasteiger partial charge < -0.3 is 19.9 Å². The first kappa shape index (κ1) is 19.1. The van der Waals surface area contributed by atoms with Crippen LogP contribution in [0.4, 0.5) is 0 Å². The molecule has 24 heavy (non-hydrogen) atoms. The molecule has 0 aliphatic carbocycles. The normalized spacial score (nSPS) is 10.7. The lowest BCUT2D eigenvalue weighted by Gasteiger charge is -2.15. The molecule has 0 saturated heterocycles. The van der Waals surface area contributed by atoms with Crippen LogP contribution in [0.1, 0.15) is 18.1 Å². The van der Waals surface area contributed by atoms with E-state index in [1.165, 1.54) is 0 Å². The van der Waals surface area contributed by atoms with E-state index in [2.05, 4.69) is 15.9 Å². The first-order valence-electron chi connectivity index (χ1n) is 7.89. The Labute approximate surface area is 155 Å². The van der Waals surface area contributed by atoms with Crippen molar-refractivity contribution in [1.82, 2.24) is 0 Å². The van der Waals surface area contributed by atoms with Crippen LogP contribution in [0.25, 0.3) is 0 Å². The minimum atomic E-state index is 0.168. The number of aliphatic hydroxyl groups excluding tert-OH is 1. The van der Waals surface area contributed by atoms with Crippen molar-refractivity contribution in [1.29, 1.82) is 0 Å². The average molecular weight is 416 g/mol. The van der Waals surface area contributed by atoms with Gasteiger partial charge in [0.05, 0.1) is 24.2 Å². The number of rotatable bonds is 9. The van der Waals surface area contributed by atoms with E-state index in [1.54, 1.807) is 0 Å². The fourth-order valence-electron chi connectivity index (χ4n) is 2.24. The van der Waals surface area contributed by atoms with Crippen LogP contribution in [0, 0.1) is 0 Å². The lowest BCUT2D eigenvalue weighted by Crippen LogP contribution is -2.83. The third kappa shape index (κ3) is 5.67. The molecule has 6 heteroatoms. The number of aliphatic hydroxyl groups is 1. The van der Waals surface area contributed by atoms with E-state index in [0.29, 0.717) is 36.3 Å². The number of benzene rings is 2. The van der Waals surface area contributed by atoms with Crippen LogP contribution in [0.15, 0.2) is 40.9 Å². The number of quaternary nitrogens is 1. The third-order valence-corrected chi connectivity index (χ3v) is 4.22. The van der Waals surface area contributed by atoms with E-state index in [1.807, 2.05) is 48.6 Å². The number of halogens is 2. The van der Waals surface area contributed by atoms with Gasteiger partial charge in [-0.1, -0.05) is 23.7 Å². The Morgan fingerprint density at radius 2 is 1.88 bits per heavy atom. The summed E-state index contributed by atoms with van der Waals surface area (Å²) in [5.74, 6) is 1.41. The summed E-state index contributed by atoms with van der Waals surface area (Å²) in [7, 11) is 0. The molecule has 0 atom stereocenters. The highest BCUT2D eigenvalue weighted by Crippen LogP contribution is 2.37. The van der Waals surface area contributed by atoms with E-state index in [4.69, 9.17) is 26.2 Å². The quantitative estimate of drug-likeness (QED) is 0.619. The second-order valence-electron chi connectivity index (χ2n) is 5.26. The number of hydrogen-bond donors (Lipinski definition) is 2. The highest BCUT2D eigenvalue weighted by atomic mass is 79.9. The van der Waals surface area contributed by atoms with Crippen molar-refractivity contribution < 1.29 is 19.9 Å². The lowest BCUT2D eigenvalue weighted by atomic mass is 10.2. The fourth-order valence-corrected chi connectivity index (χ4v) is 2.97. The van der Waals surface area contributed by atoms with E-state index >= 15 is 0 Å². The number of ether oxygens (including phenoxy) is 2. The SMILES string of the molecule is CCOc1cc(C[NH2+]CCO)cc(Br)c1OCc1ccc(Cl)cc1. The zero-order chi connectivity index (χ0) is 17.4. The maximum atomic E-state index is 8.88. The molecule has 4 nitrogen and oxygen atoms in total. The van der Waals surface area contributed by atoms with Crippen LogP contribution in [0.2, 0.25) is 5.02 Å². The van der Waals surface area contributed by atoms with E-state index in [9.17, 15) is 0 Å². The van der Waals surface area contributed by atoms with Gasteiger partial charge in [0.1, 0.15) is 13.2 Å². The summed E-state index contributed by atoms with van der Waals surface area (Å²) in [6, 6.07) is 11.6. The zero-order valence-corrected chi connectivity index (χ0v) is 15.9. The van der Waals surface area contributed by atoms with Crippen molar-refractivity contribution >= 4 is 27.5 Å². The Bertz CT molecular complexity index is 649. The monoisotopic (exact) mass is 414 g/mol. The zero-order valence-electron chi connectivity index (χ0n) is 13.6. The van der Waals surface area contributed by atoms with Gasteiger partial charge in [-0.05, 0) is 52.7 Å². The van der Waals surface area contributed by atoms with Crippen LogP contribution in [0.5, 0.6) is 11.5 Å². The molecule has 130 valence electrons. The molecule has 0 fully saturated rings. The molecule has 0 radical (unpaired) electrons. The minimum Gasteiger partial charge on any atom is -0.490 e. The maximum absolute atomic E-state index is 8.88. The molecule has 0 aliphatic rings. The molecule has 0 aliphatic heterocycles. The van der Waals surface area contributed by atoms with Crippen molar-refractivity contribution in [2.24, 2.45) is 0 Å². The summed E-state index contributed by atoms with van der Waals surface area (Å²) in [6.45, 7) is 4.57. The van der Waals surface area contributed by atoms with Crippen molar-refractivity contribution in [3.05, 3.63) is 57.0 Å². The second kappa shape index (κ2) is 9.89. The largest absolute Gasteiger partial charge is 0.490 e. The van der Waals surface area contributed by atoms with Crippen molar-refractivity contribution in [3.8, 4) is 11.5 Å². The molecule has 0 unspecified atom stereocenters. The molecule has 0 bridgehead atoms. The van der Waals surface area contributed by atoms with E-state index in [0.717, 1.165) is 22.1 Å². The lowest BCUT2D eigenvalue weighted by molar-refractivity contribution is -0.671. The molecular formula is C18H22BrClNO3+. The van der Waals surface area contributed by atoms with Gasteiger partial charge in [-0.3, -0.25) is 0 Å². The van der Waals surface area contributed by atoms with Crippen molar-refractivity contribution in [3.63, 3.8) is 0 Å². The third-order valence-electron chi connectivity index (χ3n) is 3.38. The van der Waals surface area contributed by atoms with Crippen LogP contribution in [-0.4, -0.2) is 24.9 Å². The molecule has 0 saturated carbocycles. The Kier molecular flexibility index (Phi) is 7.85. The van der Waals surface area contributed by atoms with Crippen LogP contribution in [-0.2, 0) is 13.2 Å². The molecule has 0 amide bonds. The van der Waals surface area contributed by atoms with E-state index in [-0.39, 0.29) is 6.61 Å². The maximum Gasteiger partial charge on any atom is 0.175 e. The van der Waals surface area contributed by atoms with Gasteiger partial charge in [0, 0.05) is 10.6 Å². The summed E-state index contributed by atoms with van der Waals surface area (Å²) in [6.07, 6.45) is 0. The molecular weight excluding hydrogens is 394 g/mol. The van der Waals surface area contributed by atoms with Gasteiger partial charge in [-0.2, -0.15) is 0 Å². The molecule has 0 heterocycles. The van der Waals surface area contributed by atoms with Gasteiger partial charge in [-0.25, -0.2) is 0 Å². The van der Waals surface area contributed by atoms with Gasteiger partial charge in [0.25, 0.3) is 0 Å². The predicted octanol–water partition coefficient (Wildman–Crippen LogP) is 3.14. The van der Waals surface area contributed by atoms with Crippen LogP contribution in [0.3, 0.4) is 0 Å². The van der Waals surface area contributed by atoms with Crippen LogP contribution < -0.4 is 14.8 Å². The summed E-state index contributed by atoms with van der Waals surface area (Å²) in [5.41, 5.74) is 2.15. The molecule has 3 N–H and O–H groups in total. The van der Waals surface area contributed by atoms with Gasteiger partial charge >= 0.3 is 0 Å². The smallest absolute Gasteiger partial charge is 0.175 e. The van der Waals surface area contributed by atoms with Gasteiger partial charge in [-0.15, -0.1) is 0 Å². The molecule has 2 aromatic carbocycles. The van der Waals surface area contributed by atoms with Crippen molar-refractivity contribution in [2.75, 3.05) is 19.8 Å². The fraction of sp³-hybridized carbons (Fsp3) is 0.333. The summed E-state index contributed by atoms with van der Waals surface area (Å²) >= 11 is 9.48. The van der Waals surface area contributed by atoms with Crippen LogP contribution >= 0.6 is 27.5 Å². The molecule has 2 aromatic rings. The van der Waals surface area contributed by atoms with E-state index < -0.39 is 0 Å². The Hall–Kier alpha value is -1.27. The van der Waals surface area contributed by atoms with Gasteiger partial charge in [0.2, 0.25) is 0 Å². The number of hydrogen-bond acceptors (Lipinski definition) is 3. The topological polar surface area (TPSA) is 55.3 Å². The average Bonchev–Trinajstić information content (AvgIpc) is 2.56. The highest BCUT2D eigenvalue weighted by Gasteiger charge is 2.13. The second-order valence-corrected chi connectivity index (χ2v) is 6.55. The van der Waals surface area contributed by atoms with Gasteiger partial charge in [0.15, 0.2) is 11.5 Å². The first-order valence-corrected chi connectivity index (χ1v) is 9.06. The Morgan fingerprint density at radius 1 is 1.12 bits per heavy atom. The standard InChI is InChI=1S/C18H21BrClNO3/c1-2-23-17-10-14(11-21-7-8-22)9-16(19)18(17)24-12-13-3-5-15(20)6-4-13/h3-6,9-10,21-22H,2,7-8,11-12H2,1H3/p+1.